The fourth-order valence-electron chi connectivity index (χ4n) is 2.52. The molecule has 0 bridgehead atoms. The monoisotopic (exact) mass is 322 g/mol. The molecule has 3 rings (SSSR count). The molecule has 5 nitrogen and oxygen atoms in total. The zero-order valence-electron chi connectivity index (χ0n) is 13.3. The summed E-state index contributed by atoms with van der Waals surface area (Å²) in [6, 6.07) is 16.7. The van der Waals surface area contributed by atoms with E-state index in [-0.39, 0.29) is 17.0 Å². The van der Waals surface area contributed by atoms with E-state index < -0.39 is 0 Å². The quantitative estimate of drug-likeness (QED) is 0.758. The lowest BCUT2D eigenvalue weighted by Crippen LogP contribution is -2.31. The summed E-state index contributed by atoms with van der Waals surface area (Å²) < 4.78 is 5.11. The van der Waals surface area contributed by atoms with Gasteiger partial charge in [-0.05, 0) is 41.6 Å². The summed E-state index contributed by atoms with van der Waals surface area (Å²) in [4.78, 5) is 27.0. The first-order valence-electron chi connectivity index (χ1n) is 7.70. The van der Waals surface area contributed by atoms with Crippen molar-refractivity contribution in [2.75, 3.05) is 13.7 Å². The zero-order chi connectivity index (χ0) is 16.9. The minimum absolute atomic E-state index is 0.128. The maximum atomic E-state index is 12.2. The highest BCUT2D eigenvalue weighted by Crippen LogP contribution is 2.12. The van der Waals surface area contributed by atoms with Gasteiger partial charge in [-0.1, -0.05) is 30.3 Å². The number of hydrogen-bond donors (Lipinski definition) is 2. The van der Waals surface area contributed by atoms with Crippen LogP contribution in [0.15, 0.2) is 59.4 Å². The van der Waals surface area contributed by atoms with Crippen LogP contribution >= 0.6 is 0 Å². The summed E-state index contributed by atoms with van der Waals surface area (Å²) in [6.45, 7) is 0.456. The van der Waals surface area contributed by atoms with Gasteiger partial charge in [-0.15, -0.1) is 0 Å². The molecule has 1 amide bonds. The van der Waals surface area contributed by atoms with E-state index in [1.54, 1.807) is 13.2 Å². The Kier molecular flexibility index (Phi) is 4.61. The molecular formula is C19H18N2O3. The Labute approximate surface area is 139 Å². The molecule has 2 N–H and O–H groups in total. The fourth-order valence-corrected chi connectivity index (χ4v) is 2.52. The lowest BCUT2D eigenvalue weighted by atomic mass is 10.1. The molecule has 0 saturated heterocycles. The topological polar surface area (TPSA) is 71.2 Å². The molecule has 24 heavy (non-hydrogen) atoms. The van der Waals surface area contributed by atoms with Gasteiger partial charge in [-0.25, -0.2) is 0 Å². The minimum Gasteiger partial charge on any atom is -0.497 e. The zero-order valence-corrected chi connectivity index (χ0v) is 13.3. The third-order valence-electron chi connectivity index (χ3n) is 3.86. The lowest BCUT2D eigenvalue weighted by Gasteiger charge is -2.07. The second-order valence-electron chi connectivity index (χ2n) is 5.45. The van der Waals surface area contributed by atoms with Gasteiger partial charge in [0, 0.05) is 12.1 Å². The van der Waals surface area contributed by atoms with Crippen molar-refractivity contribution in [1.82, 2.24) is 10.3 Å². The van der Waals surface area contributed by atoms with Crippen LogP contribution in [0.1, 0.15) is 15.9 Å². The molecule has 1 heterocycles. The summed E-state index contributed by atoms with van der Waals surface area (Å²) in [6.07, 6.45) is 0.682. The van der Waals surface area contributed by atoms with Crippen molar-refractivity contribution in [2.24, 2.45) is 0 Å². The fraction of sp³-hybridized carbons (Fsp3) is 0.158. The molecule has 3 aromatic rings. The lowest BCUT2D eigenvalue weighted by molar-refractivity contribution is 0.0953. The normalized spacial score (nSPS) is 10.5. The van der Waals surface area contributed by atoms with E-state index in [4.69, 9.17) is 4.74 Å². The summed E-state index contributed by atoms with van der Waals surface area (Å²) in [5.41, 5.74) is 1.56. The Balaban J connectivity index is 1.66. The molecule has 1 aromatic heterocycles. The first kappa shape index (κ1) is 15.8. The van der Waals surface area contributed by atoms with Crippen LogP contribution < -0.4 is 15.6 Å². The van der Waals surface area contributed by atoms with Crippen LogP contribution in [-0.2, 0) is 6.42 Å². The highest BCUT2D eigenvalue weighted by atomic mass is 16.5. The Morgan fingerprint density at radius 3 is 2.62 bits per heavy atom. The maximum Gasteiger partial charge on any atom is 0.261 e. The first-order valence-corrected chi connectivity index (χ1v) is 7.70. The van der Waals surface area contributed by atoms with Crippen molar-refractivity contribution in [3.05, 3.63) is 76.1 Å². The molecule has 0 radical (unpaired) electrons. The SMILES string of the molecule is COc1ccc(CCNC(=O)c2cc3ccccc3[nH]c2=O)cc1. The van der Waals surface area contributed by atoms with E-state index in [0.717, 1.165) is 22.2 Å². The van der Waals surface area contributed by atoms with Gasteiger partial charge in [0.1, 0.15) is 11.3 Å². The Morgan fingerprint density at radius 2 is 1.88 bits per heavy atom. The van der Waals surface area contributed by atoms with Crippen LogP contribution in [-0.4, -0.2) is 24.5 Å². The average Bonchev–Trinajstić information content (AvgIpc) is 2.61. The highest BCUT2D eigenvalue weighted by Gasteiger charge is 2.11. The summed E-state index contributed by atoms with van der Waals surface area (Å²) >= 11 is 0. The number of fused-ring (bicyclic) bond motifs is 1. The van der Waals surface area contributed by atoms with Crippen molar-refractivity contribution < 1.29 is 9.53 Å². The van der Waals surface area contributed by atoms with Gasteiger partial charge >= 0.3 is 0 Å². The number of H-pyrrole nitrogens is 1. The van der Waals surface area contributed by atoms with Gasteiger partial charge in [0.05, 0.1) is 7.11 Å². The minimum atomic E-state index is -0.379. The van der Waals surface area contributed by atoms with Gasteiger partial charge in [-0.2, -0.15) is 0 Å². The third-order valence-corrected chi connectivity index (χ3v) is 3.86. The van der Waals surface area contributed by atoms with Crippen molar-refractivity contribution in [2.45, 2.75) is 6.42 Å². The Morgan fingerprint density at radius 1 is 1.12 bits per heavy atom. The van der Waals surface area contributed by atoms with E-state index in [1.165, 1.54) is 0 Å². The standard InChI is InChI=1S/C19H18N2O3/c1-24-15-8-6-13(7-9-15)10-11-20-18(22)16-12-14-4-2-3-5-17(14)21-19(16)23/h2-9,12H,10-11H2,1H3,(H,20,22)(H,21,23). The predicted octanol–water partition coefficient (Wildman–Crippen LogP) is 2.51. The molecule has 5 heteroatoms. The summed E-state index contributed by atoms with van der Waals surface area (Å²) in [5, 5.41) is 3.62. The van der Waals surface area contributed by atoms with Crippen LogP contribution in [0.3, 0.4) is 0 Å². The van der Waals surface area contributed by atoms with Crippen molar-refractivity contribution in [1.29, 1.82) is 0 Å². The van der Waals surface area contributed by atoms with Crippen molar-refractivity contribution in [3.63, 3.8) is 0 Å². The molecule has 0 unspecified atom stereocenters. The Bertz CT molecular complexity index is 914. The number of para-hydroxylation sites is 1. The second-order valence-corrected chi connectivity index (χ2v) is 5.45. The van der Waals surface area contributed by atoms with E-state index in [9.17, 15) is 9.59 Å². The molecule has 0 saturated carbocycles. The smallest absolute Gasteiger partial charge is 0.261 e. The van der Waals surface area contributed by atoms with Gasteiger partial charge in [0.2, 0.25) is 0 Å². The number of benzene rings is 2. The number of aromatic nitrogens is 1. The van der Waals surface area contributed by atoms with Gasteiger partial charge in [-0.3, -0.25) is 9.59 Å². The molecule has 2 aromatic carbocycles. The van der Waals surface area contributed by atoms with Crippen molar-refractivity contribution in [3.8, 4) is 5.75 Å². The Hall–Kier alpha value is -3.08. The maximum absolute atomic E-state index is 12.2. The second kappa shape index (κ2) is 7.00. The van der Waals surface area contributed by atoms with E-state index in [2.05, 4.69) is 10.3 Å². The van der Waals surface area contributed by atoms with Gasteiger partial charge in [0.25, 0.3) is 11.5 Å². The molecule has 0 aliphatic heterocycles. The number of aromatic amines is 1. The van der Waals surface area contributed by atoms with Crippen LogP contribution in [0, 0.1) is 0 Å². The van der Waals surface area contributed by atoms with E-state index >= 15 is 0 Å². The first-order chi connectivity index (χ1) is 11.7. The van der Waals surface area contributed by atoms with Gasteiger partial charge in [0.15, 0.2) is 0 Å². The molecule has 0 spiro atoms. The van der Waals surface area contributed by atoms with Crippen LogP contribution in [0.5, 0.6) is 5.75 Å². The molecule has 0 fully saturated rings. The summed E-state index contributed by atoms with van der Waals surface area (Å²) in [5.74, 6) is 0.431. The number of pyridine rings is 1. The van der Waals surface area contributed by atoms with Crippen molar-refractivity contribution >= 4 is 16.8 Å². The molecule has 0 atom stereocenters. The molecule has 0 aliphatic carbocycles. The third kappa shape index (κ3) is 3.46. The number of amides is 1. The number of ether oxygens (including phenoxy) is 1. The number of carbonyl (C=O) groups is 1. The van der Waals surface area contributed by atoms with E-state index in [1.807, 2.05) is 48.5 Å². The number of nitrogens with one attached hydrogen (secondary N) is 2. The van der Waals surface area contributed by atoms with Crippen LogP contribution in [0.4, 0.5) is 0 Å². The van der Waals surface area contributed by atoms with Crippen LogP contribution in [0.25, 0.3) is 10.9 Å². The molecule has 0 aliphatic rings. The predicted molar refractivity (Wildman–Crippen MR) is 93.6 cm³/mol. The van der Waals surface area contributed by atoms with Gasteiger partial charge < -0.3 is 15.0 Å². The number of rotatable bonds is 5. The average molecular weight is 322 g/mol. The molecular weight excluding hydrogens is 304 g/mol. The van der Waals surface area contributed by atoms with E-state index in [0.29, 0.717) is 13.0 Å². The molecule has 122 valence electrons. The summed E-state index contributed by atoms with van der Waals surface area (Å²) in [7, 11) is 1.62. The number of carbonyl (C=O) groups excluding carboxylic acids is 1. The number of hydrogen-bond acceptors (Lipinski definition) is 3. The number of methoxy groups -OCH3 is 1. The highest BCUT2D eigenvalue weighted by molar-refractivity contribution is 5.97. The van der Waals surface area contributed by atoms with Crippen LogP contribution in [0.2, 0.25) is 0 Å². The largest absolute Gasteiger partial charge is 0.497 e.